The van der Waals surface area contributed by atoms with Crippen LogP contribution in [-0.4, -0.2) is 13.2 Å². The molecular formula is C9H9NO3. The third kappa shape index (κ3) is 1.30. The van der Waals surface area contributed by atoms with E-state index in [1.807, 2.05) is 6.07 Å². The molecule has 0 unspecified atom stereocenters. The van der Waals surface area contributed by atoms with Crippen LogP contribution in [0, 0.1) is 0 Å². The van der Waals surface area contributed by atoms with E-state index in [1.165, 1.54) is 0 Å². The SMILES string of the molecule is COc1cccc2c1CNC(=O)O2. The molecule has 1 aliphatic heterocycles. The topological polar surface area (TPSA) is 47.6 Å². The first-order valence-electron chi connectivity index (χ1n) is 3.93. The van der Waals surface area contributed by atoms with E-state index >= 15 is 0 Å². The highest BCUT2D eigenvalue weighted by Gasteiger charge is 2.18. The van der Waals surface area contributed by atoms with E-state index in [0.717, 1.165) is 11.3 Å². The lowest BCUT2D eigenvalue weighted by atomic mass is 10.1. The summed E-state index contributed by atoms with van der Waals surface area (Å²) >= 11 is 0. The quantitative estimate of drug-likeness (QED) is 0.706. The highest BCUT2D eigenvalue weighted by molar-refractivity contribution is 5.73. The fourth-order valence-electron chi connectivity index (χ4n) is 1.30. The number of methoxy groups -OCH3 is 1. The normalized spacial score (nSPS) is 14.1. The van der Waals surface area contributed by atoms with E-state index in [1.54, 1.807) is 19.2 Å². The molecule has 13 heavy (non-hydrogen) atoms. The lowest BCUT2D eigenvalue weighted by Crippen LogP contribution is -2.31. The van der Waals surface area contributed by atoms with Crippen LogP contribution >= 0.6 is 0 Å². The third-order valence-electron chi connectivity index (χ3n) is 1.92. The molecule has 0 saturated heterocycles. The standard InChI is InChI=1S/C9H9NO3/c1-12-7-3-2-4-8-6(7)5-10-9(11)13-8/h2-4H,5H2,1H3,(H,10,11). The molecule has 68 valence electrons. The van der Waals surface area contributed by atoms with Gasteiger partial charge in [0.05, 0.1) is 19.2 Å². The molecule has 1 N–H and O–H groups in total. The Kier molecular flexibility index (Phi) is 1.81. The molecule has 4 heteroatoms. The second-order valence-corrected chi connectivity index (χ2v) is 2.68. The van der Waals surface area contributed by atoms with E-state index < -0.39 is 6.09 Å². The molecular weight excluding hydrogens is 170 g/mol. The van der Waals surface area contributed by atoms with Gasteiger partial charge >= 0.3 is 6.09 Å². The molecule has 4 nitrogen and oxygen atoms in total. The van der Waals surface area contributed by atoms with Gasteiger partial charge in [-0.05, 0) is 12.1 Å². The number of amides is 1. The van der Waals surface area contributed by atoms with Crippen molar-refractivity contribution < 1.29 is 14.3 Å². The summed E-state index contributed by atoms with van der Waals surface area (Å²) in [4.78, 5) is 10.9. The van der Waals surface area contributed by atoms with Crippen LogP contribution in [0.5, 0.6) is 11.5 Å². The van der Waals surface area contributed by atoms with Crippen molar-refractivity contribution in [3.63, 3.8) is 0 Å². The molecule has 0 fully saturated rings. The minimum atomic E-state index is -0.416. The Labute approximate surface area is 75.5 Å². The molecule has 0 atom stereocenters. The van der Waals surface area contributed by atoms with Gasteiger partial charge < -0.3 is 14.8 Å². The Bertz CT molecular complexity index is 349. The van der Waals surface area contributed by atoms with E-state index in [-0.39, 0.29) is 0 Å². The van der Waals surface area contributed by atoms with Crippen LogP contribution in [0.3, 0.4) is 0 Å². The van der Waals surface area contributed by atoms with Crippen LogP contribution in [0.1, 0.15) is 5.56 Å². The van der Waals surface area contributed by atoms with E-state index in [0.29, 0.717) is 12.3 Å². The second-order valence-electron chi connectivity index (χ2n) is 2.68. The average Bonchev–Trinajstić information content (AvgIpc) is 2.16. The minimum Gasteiger partial charge on any atom is -0.496 e. The molecule has 0 spiro atoms. The number of rotatable bonds is 1. The van der Waals surface area contributed by atoms with Crippen LogP contribution in [0.4, 0.5) is 4.79 Å². The van der Waals surface area contributed by atoms with Gasteiger partial charge in [-0.15, -0.1) is 0 Å². The smallest absolute Gasteiger partial charge is 0.412 e. The summed E-state index contributed by atoms with van der Waals surface area (Å²) in [5, 5.41) is 2.57. The van der Waals surface area contributed by atoms with Crippen molar-refractivity contribution in [2.75, 3.05) is 7.11 Å². The van der Waals surface area contributed by atoms with Crippen molar-refractivity contribution in [3.05, 3.63) is 23.8 Å². The predicted octanol–water partition coefficient (Wildman–Crippen LogP) is 1.30. The zero-order valence-corrected chi connectivity index (χ0v) is 7.16. The summed E-state index contributed by atoms with van der Waals surface area (Å²) in [5.41, 5.74) is 0.879. The molecule has 1 heterocycles. The molecule has 0 saturated carbocycles. The largest absolute Gasteiger partial charge is 0.496 e. The molecule has 0 radical (unpaired) electrons. The number of hydrogen-bond acceptors (Lipinski definition) is 3. The Morgan fingerprint density at radius 2 is 2.38 bits per heavy atom. The number of hydrogen-bond donors (Lipinski definition) is 1. The average molecular weight is 179 g/mol. The molecule has 1 aromatic rings. The lowest BCUT2D eigenvalue weighted by molar-refractivity contribution is 0.194. The summed E-state index contributed by atoms with van der Waals surface area (Å²) in [6, 6.07) is 5.37. The van der Waals surface area contributed by atoms with Crippen molar-refractivity contribution in [2.24, 2.45) is 0 Å². The summed E-state index contributed by atoms with van der Waals surface area (Å²) in [6.07, 6.45) is -0.416. The van der Waals surface area contributed by atoms with Gasteiger partial charge in [0, 0.05) is 0 Å². The van der Waals surface area contributed by atoms with Gasteiger partial charge in [-0.25, -0.2) is 4.79 Å². The summed E-state index contributed by atoms with van der Waals surface area (Å²) < 4.78 is 10.1. The predicted molar refractivity (Wildman–Crippen MR) is 45.9 cm³/mol. The van der Waals surface area contributed by atoms with Gasteiger partial charge in [0.25, 0.3) is 0 Å². The first-order valence-corrected chi connectivity index (χ1v) is 3.93. The van der Waals surface area contributed by atoms with Gasteiger partial charge in [0.1, 0.15) is 11.5 Å². The third-order valence-corrected chi connectivity index (χ3v) is 1.92. The number of fused-ring (bicyclic) bond motifs is 1. The van der Waals surface area contributed by atoms with Crippen molar-refractivity contribution in [3.8, 4) is 11.5 Å². The number of benzene rings is 1. The van der Waals surface area contributed by atoms with Gasteiger partial charge in [-0.3, -0.25) is 0 Å². The van der Waals surface area contributed by atoms with Crippen LogP contribution in [0.2, 0.25) is 0 Å². The minimum absolute atomic E-state index is 0.416. The Morgan fingerprint density at radius 3 is 3.15 bits per heavy atom. The van der Waals surface area contributed by atoms with Gasteiger partial charge in [0.2, 0.25) is 0 Å². The summed E-state index contributed by atoms with van der Waals surface area (Å²) in [7, 11) is 1.59. The van der Waals surface area contributed by atoms with Crippen molar-refractivity contribution in [2.45, 2.75) is 6.54 Å². The Hall–Kier alpha value is -1.71. The van der Waals surface area contributed by atoms with E-state index in [2.05, 4.69) is 5.32 Å². The van der Waals surface area contributed by atoms with Crippen LogP contribution < -0.4 is 14.8 Å². The highest BCUT2D eigenvalue weighted by atomic mass is 16.6. The number of carbonyl (C=O) groups is 1. The zero-order valence-electron chi connectivity index (χ0n) is 7.16. The fourth-order valence-corrected chi connectivity index (χ4v) is 1.30. The maximum Gasteiger partial charge on any atom is 0.412 e. The molecule has 1 aromatic carbocycles. The maximum atomic E-state index is 10.9. The zero-order chi connectivity index (χ0) is 9.26. The summed E-state index contributed by atoms with van der Waals surface area (Å²) in [6.45, 7) is 0.457. The van der Waals surface area contributed by atoms with Crippen LogP contribution in [-0.2, 0) is 6.54 Å². The molecule has 2 rings (SSSR count). The molecule has 0 aliphatic carbocycles. The van der Waals surface area contributed by atoms with Crippen molar-refractivity contribution >= 4 is 6.09 Å². The number of ether oxygens (including phenoxy) is 2. The van der Waals surface area contributed by atoms with Crippen molar-refractivity contribution in [1.29, 1.82) is 0 Å². The summed E-state index contributed by atoms with van der Waals surface area (Å²) in [5.74, 6) is 1.31. The monoisotopic (exact) mass is 179 g/mol. The van der Waals surface area contributed by atoms with Gasteiger partial charge in [-0.1, -0.05) is 6.07 Å². The first-order chi connectivity index (χ1) is 6.31. The van der Waals surface area contributed by atoms with Gasteiger partial charge in [0.15, 0.2) is 0 Å². The van der Waals surface area contributed by atoms with Crippen LogP contribution in [0.25, 0.3) is 0 Å². The van der Waals surface area contributed by atoms with E-state index in [9.17, 15) is 4.79 Å². The van der Waals surface area contributed by atoms with Gasteiger partial charge in [-0.2, -0.15) is 0 Å². The van der Waals surface area contributed by atoms with Crippen LogP contribution in [0.15, 0.2) is 18.2 Å². The second kappa shape index (κ2) is 2.97. The highest BCUT2D eigenvalue weighted by Crippen LogP contribution is 2.30. The molecule has 0 aromatic heterocycles. The Morgan fingerprint density at radius 1 is 1.54 bits per heavy atom. The molecule has 0 bridgehead atoms. The molecule has 1 aliphatic rings. The van der Waals surface area contributed by atoms with E-state index in [4.69, 9.17) is 9.47 Å². The van der Waals surface area contributed by atoms with Crippen molar-refractivity contribution in [1.82, 2.24) is 5.32 Å². The Balaban J connectivity index is 2.45. The fraction of sp³-hybridized carbons (Fsp3) is 0.222. The lowest BCUT2D eigenvalue weighted by Gasteiger charge is -2.18. The molecule has 1 amide bonds. The number of nitrogens with one attached hydrogen (secondary N) is 1. The first kappa shape index (κ1) is 7.91. The maximum absolute atomic E-state index is 10.9. The number of carbonyl (C=O) groups excluding carboxylic acids is 1.